The lowest BCUT2D eigenvalue weighted by atomic mass is 10.1. The molecule has 6 nitrogen and oxygen atoms in total. The van der Waals surface area contributed by atoms with Crippen molar-refractivity contribution in [3.05, 3.63) is 94.0 Å². The molecule has 0 saturated carbocycles. The maximum Gasteiger partial charge on any atom is 0.257 e. The number of hydrogen-bond donors (Lipinski definition) is 3. The van der Waals surface area contributed by atoms with Crippen molar-refractivity contribution in [2.24, 2.45) is 0 Å². The third-order valence-electron chi connectivity index (χ3n) is 4.93. The Morgan fingerprint density at radius 1 is 0.971 bits per heavy atom. The molecule has 1 atom stereocenters. The van der Waals surface area contributed by atoms with Gasteiger partial charge >= 0.3 is 0 Å². The summed E-state index contributed by atoms with van der Waals surface area (Å²) in [4.78, 5) is 25.1. The average Bonchev–Trinajstić information content (AvgIpc) is 2.84. The number of carbonyl (C=O) groups is 2. The Bertz CT molecular complexity index is 1150. The summed E-state index contributed by atoms with van der Waals surface area (Å²) < 4.78 is 6.30. The molecule has 0 aliphatic carbocycles. The van der Waals surface area contributed by atoms with Gasteiger partial charge in [0.25, 0.3) is 11.8 Å². The molecule has 3 rings (SSSR count). The van der Waals surface area contributed by atoms with Gasteiger partial charge in [0.15, 0.2) is 5.11 Å². The van der Waals surface area contributed by atoms with Crippen molar-refractivity contribution in [1.82, 2.24) is 10.6 Å². The van der Waals surface area contributed by atoms with Crippen LogP contribution < -0.4 is 20.7 Å². The van der Waals surface area contributed by atoms with Gasteiger partial charge in [-0.2, -0.15) is 0 Å². The lowest BCUT2D eigenvalue weighted by Crippen LogP contribution is -2.34. The summed E-state index contributed by atoms with van der Waals surface area (Å²) in [5, 5.41) is 8.75. The van der Waals surface area contributed by atoms with Crippen LogP contribution in [0.25, 0.3) is 0 Å². The van der Waals surface area contributed by atoms with Gasteiger partial charge in [-0.1, -0.05) is 37.3 Å². The van der Waals surface area contributed by atoms with E-state index < -0.39 is 0 Å². The predicted molar refractivity (Wildman–Crippen MR) is 142 cm³/mol. The first-order valence-electron chi connectivity index (χ1n) is 10.9. The van der Waals surface area contributed by atoms with Crippen molar-refractivity contribution in [2.45, 2.75) is 26.3 Å². The number of rotatable bonds is 8. The summed E-state index contributed by atoms with van der Waals surface area (Å²) in [6, 6.07) is 21.6. The minimum absolute atomic E-state index is 0.110. The van der Waals surface area contributed by atoms with Crippen LogP contribution in [0, 0.1) is 0 Å². The molecule has 0 bridgehead atoms. The first-order valence-corrected chi connectivity index (χ1v) is 12.1. The van der Waals surface area contributed by atoms with E-state index in [0.717, 1.165) is 12.0 Å². The molecule has 0 saturated heterocycles. The molecule has 2 amide bonds. The Kier molecular flexibility index (Phi) is 9.18. The maximum atomic E-state index is 12.5. The van der Waals surface area contributed by atoms with Gasteiger partial charge in [0.05, 0.1) is 17.1 Å². The Morgan fingerprint density at radius 3 is 2.29 bits per heavy atom. The summed E-state index contributed by atoms with van der Waals surface area (Å²) >= 11 is 8.69. The highest BCUT2D eigenvalue weighted by Gasteiger charge is 2.13. The van der Waals surface area contributed by atoms with E-state index >= 15 is 0 Å². The molecule has 0 fully saturated rings. The van der Waals surface area contributed by atoms with Crippen LogP contribution in [0.2, 0.25) is 0 Å². The van der Waals surface area contributed by atoms with E-state index in [1.54, 1.807) is 42.5 Å². The summed E-state index contributed by atoms with van der Waals surface area (Å²) in [7, 11) is 0. The van der Waals surface area contributed by atoms with Crippen LogP contribution in [0.15, 0.2) is 77.3 Å². The molecule has 0 spiro atoms. The first kappa shape index (κ1) is 25.4. The first-order chi connectivity index (χ1) is 16.4. The van der Waals surface area contributed by atoms with E-state index in [1.165, 1.54) is 0 Å². The average molecular weight is 540 g/mol. The second kappa shape index (κ2) is 12.3. The highest BCUT2D eigenvalue weighted by molar-refractivity contribution is 9.10. The van der Waals surface area contributed by atoms with Crippen LogP contribution in [0.3, 0.4) is 0 Å². The van der Waals surface area contributed by atoms with Crippen molar-refractivity contribution in [1.29, 1.82) is 0 Å². The van der Waals surface area contributed by atoms with Gasteiger partial charge in [0, 0.05) is 16.8 Å². The number of ether oxygens (including phenoxy) is 1. The van der Waals surface area contributed by atoms with Crippen molar-refractivity contribution in [3.63, 3.8) is 0 Å². The van der Waals surface area contributed by atoms with E-state index in [2.05, 4.69) is 31.9 Å². The predicted octanol–water partition coefficient (Wildman–Crippen LogP) is 5.86. The summed E-state index contributed by atoms with van der Waals surface area (Å²) in [6.45, 7) is 4.57. The monoisotopic (exact) mass is 539 g/mol. The smallest absolute Gasteiger partial charge is 0.257 e. The Balaban J connectivity index is 1.53. The molecule has 34 heavy (non-hydrogen) atoms. The van der Waals surface area contributed by atoms with Gasteiger partial charge in [-0.05, 0) is 89.5 Å². The zero-order valence-corrected chi connectivity index (χ0v) is 21.3. The van der Waals surface area contributed by atoms with Crippen molar-refractivity contribution >= 4 is 50.8 Å². The standard InChI is InChI=1S/C26H26BrN3O3S/c1-3-15-33-23-14-11-20(16-22(23)27)25(32)30-26(34)29-21-12-9-19(10-13-21)24(31)28-17(2)18-7-5-4-6-8-18/h4-14,16-17H,3,15H2,1-2H3,(H,28,31)(H2,29,30,32,34). The van der Waals surface area contributed by atoms with Gasteiger partial charge in [-0.15, -0.1) is 0 Å². The van der Waals surface area contributed by atoms with E-state index in [0.29, 0.717) is 33.6 Å². The molecule has 3 aromatic rings. The maximum absolute atomic E-state index is 12.5. The Labute approximate surface area is 213 Å². The molecular weight excluding hydrogens is 514 g/mol. The van der Waals surface area contributed by atoms with Gasteiger partial charge < -0.3 is 15.4 Å². The van der Waals surface area contributed by atoms with Crippen LogP contribution in [0.1, 0.15) is 52.6 Å². The molecule has 0 heterocycles. The van der Waals surface area contributed by atoms with Crippen molar-refractivity contribution < 1.29 is 14.3 Å². The summed E-state index contributed by atoms with van der Waals surface area (Å²) in [5.74, 6) is 0.170. The normalized spacial score (nSPS) is 11.3. The lowest BCUT2D eigenvalue weighted by molar-refractivity contribution is 0.0938. The van der Waals surface area contributed by atoms with Gasteiger partial charge in [-0.3, -0.25) is 14.9 Å². The second-order valence-corrected chi connectivity index (χ2v) is 8.85. The van der Waals surface area contributed by atoms with Crippen LogP contribution in [-0.2, 0) is 0 Å². The summed E-state index contributed by atoms with van der Waals surface area (Å²) in [5.41, 5.74) is 2.66. The number of anilines is 1. The molecule has 3 N–H and O–H groups in total. The largest absolute Gasteiger partial charge is 0.492 e. The third kappa shape index (κ3) is 7.13. The van der Waals surface area contributed by atoms with Gasteiger partial charge in [0.1, 0.15) is 5.75 Å². The number of hydrogen-bond acceptors (Lipinski definition) is 4. The fourth-order valence-corrected chi connectivity index (χ4v) is 3.82. The van der Waals surface area contributed by atoms with E-state index in [-0.39, 0.29) is 23.0 Å². The molecule has 8 heteroatoms. The highest BCUT2D eigenvalue weighted by atomic mass is 79.9. The van der Waals surface area contributed by atoms with Crippen molar-refractivity contribution in [3.8, 4) is 5.75 Å². The number of carbonyl (C=O) groups excluding carboxylic acids is 2. The molecule has 1 unspecified atom stereocenters. The fraction of sp³-hybridized carbons (Fsp3) is 0.192. The number of halogens is 1. The zero-order valence-electron chi connectivity index (χ0n) is 18.9. The highest BCUT2D eigenvalue weighted by Crippen LogP contribution is 2.26. The fourth-order valence-electron chi connectivity index (χ4n) is 3.12. The Morgan fingerprint density at radius 2 is 1.65 bits per heavy atom. The third-order valence-corrected chi connectivity index (χ3v) is 5.76. The van der Waals surface area contributed by atoms with Gasteiger partial charge in [0.2, 0.25) is 0 Å². The van der Waals surface area contributed by atoms with E-state index in [9.17, 15) is 9.59 Å². The SMILES string of the molecule is CCCOc1ccc(C(=O)NC(=S)Nc2ccc(C(=O)NC(C)c3ccccc3)cc2)cc1Br. The molecular formula is C26H26BrN3O3S. The van der Waals surface area contributed by atoms with Crippen LogP contribution >= 0.6 is 28.1 Å². The molecule has 0 radical (unpaired) electrons. The molecule has 0 aliphatic heterocycles. The second-order valence-electron chi connectivity index (χ2n) is 7.59. The molecule has 0 aromatic heterocycles. The minimum atomic E-state index is -0.342. The van der Waals surface area contributed by atoms with Crippen molar-refractivity contribution in [2.75, 3.05) is 11.9 Å². The van der Waals surface area contributed by atoms with E-state index in [4.69, 9.17) is 17.0 Å². The molecule has 3 aromatic carbocycles. The van der Waals surface area contributed by atoms with Gasteiger partial charge in [-0.25, -0.2) is 0 Å². The van der Waals surface area contributed by atoms with Crippen LogP contribution in [0.4, 0.5) is 5.69 Å². The Hall–Kier alpha value is -3.23. The number of thiocarbonyl (C=S) groups is 1. The summed E-state index contributed by atoms with van der Waals surface area (Å²) in [6.07, 6.45) is 0.896. The molecule has 0 aliphatic rings. The van der Waals surface area contributed by atoms with Crippen LogP contribution in [-0.4, -0.2) is 23.5 Å². The number of benzene rings is 3. The quantitative estimate of drug-likeness (QED) is 0.312. The van der Waals surface area contributed by atoms with Crippen LogP contribution in [0.5, 0.6) is 5.75 Å². The number of amides is 2. The molecule has 176 valence electrons. The minimum Gasteiger partial charge on any atom is -0.492 e. The number of nitrogens with one attached hydrogen (secondary N) is 3. The zero-order chi connectivity index (χ0) is 24.5. The van der Waals surface area contributed by atoms with E-state index in [1.807, 2.05) is 44.2 Å². The lowest BCUT2D eigenvalue weighted by Gasteiger charge is -2.15. The topological polar surface area (TPSA) is 79.5 Å².